The molecule has 2 aromatic carbocycles. The molecular formula is C20H25NO2. The first-order valence-electron chi connectivity index (χ1n) is 8.28. The van der Waals surface area contributed by atoms with E-state index in [-0.39, 0.29) is 12.0 Å². The second-order valence-electron chi connectivity index (χ2n) is 6.58. The molecule has 3 heteroatoms. The van der Waals surface area contributed by atoms with Crippen LogP contribution < -0.4 is 0 Å². The highest BCUT2D eigenvalue weighted by Gasteiger charge is 2.36. The first-order chi connectivity index (χ1) is 11.3. The quantitative estimate of drug-likeness (QED) is 0.853. The van der Waals surface area contributed by atoms with Crippen molar-refractivity contribution < 1.29 is 9.84 Å². The van der Waals surface area contributed by atoms with Crippen LogP contribution >= 0.6 is 0 Å². The molecule has 1 atom stereocenters. The minimum atomic E-state index is -0.121. The van der Waals surface area contributed by atoms with Crippen molar-refractivity contribution in [3.8, 4) is 0 Å². The number of benzene rings is 2. The van der Waals surface area contributed by atoms with Crippen molar-refractivity contribution in [3.05, 3.63) is 71.8 Å². The summed E-state index contributed by atoms with van der Waals surface area (Å²) < 4.78 is 5.57. The zero-order chi connectivity index (χ0) is 16.0. The maximum Gasteiger partial charge on any atom is 0.0557 e. The summed E-state index contributed by atoms with van der Waals surface area (Å²) >= 11 is 0. The van der Waals surface area contributed by atoms with E-state index in [0.717, 1.165) is 32.7 Å². The van der Waals surface area contributed by atoms with Crippen LogP contribution in [-0.4, -0.2) is 36.4 Å². The average Bonchev–Trinajstić information content (AvgIpc) is 3.06. The highest BCUT2D eigenvalue weighted by atomic mass is 16.5. The fourth-order valence-corrected chi connectivity index (χ4v) is 3.27. The van der Waals surface area contributed by atoms with Crippen molar-refractivity contribution in [2.24, 2.45) is 5.41 Å². The Morgan fingerprint density at radius 1 is 0.913 bits per heavy atom. The third-order valence-electron chi connectivity index (χ3n) is 4.58. The molecule has 1 heterocycles. The zero-order valence-electron chi connectivity index (χ0n) is 13.5. The number of rotatable bonds is 7. The topological polar surface area (TPSA) is 32.7 Å². The summed E-state index contributed by atoms with van der Waals surface area (Å²) in [5, 5.41) is 9.89. The summed E-state index contributed by atoms with van der Waals surface area (Å²) in [7, 11) is 0. The van der Waals surface area contributed by atoms with Crippen molar-refractivity contribution in [1.82, 2.24) is 4.90 Å². The first-order valence-corrected chi connectivity index (χ1v) is 8.28. The summed E-state index contributed by atoms with van der Waals surface area (Å²) in [5.41, 5.74) is 2.48. The Hall–Kier alpha value is -1.68. The smallest absolute Gasteiger partial charge is 0.0557 e. The summed E-state index contributed by atoms with van der Waals surface area (Å²) in [6.07, 6.45) is 0.934. The average molecular weight is 311 g/mol. The maximum absolute atomic E-state index is 9.89. The molecule has 3 nitrogen and oxygen atoms in total. The molecule has 0 amide bonds. The number of ether oxygens (including phenoxy) is 1. The van der Waals surface area contributed by atoms with E-state index in [0.29, 0.717) is 6.61 Å². The van der Waals surface area contributed by atoms with Gasteiger partial charge in [-0.05, 0) is 17.5 Å². The van der Waals surface area contributed by atoms with Gasteiger partial charge in [-0.25, -0.2) is 0 Å². The Bertz CT molecular complexity index is 538. The predicted octanol–water partition coefficient (Wildman–Crippen LogP) is 3.09. The minimum Gasteiger partial charge on any atom is -0.396 e. The molecule has 1 N–H and O–H groups in total. The molecule has 1 aliphatic rings. The third kappa shape index (κ3) is 4.41. The molecule has 2 aromatic rings. The Morgan fingerprint density at radius 3 is 1.91 bits per heavy atom. The summed E-state index contributed by atoms with van der Waals surface area (Å²) in [6.45, 7) is 4.23. The standard InChI is InChI=1S/C20H25NO2/c22-16-20(11-12-23-17-20)15-21(13-18-7-3-1-4-8-18)14-19-9-5-2-6-10-19/h1-10,22H,11-17H2. The van der Waals surface area contributed by atoms with Crippen LogP contribution in [0, 0.1) is 5.41 Å². The number of hydrogen-bond acceptors (Lipinski definition) is 3. The van der Waals surface area contributed by atoms with E-state index in [1.165, 1.54) is 11.1 Å². The second-order valence-corrected chi connectivity index (χ2v) is 6.58. The largest absolute Gasteiger partial charge is 0.396 e. The van der Waals surface area contributed by atoms with Crippen LogP contribution in [0.5, 0.6) is 0 Å². The molecule has 0 spiro atoms. The molecule has 0 aliphatic carbocycles. The van der Waals surface area contributed by atoms with E-state index in [9.17, 15) is 5.11 Å². The normalized spacial score (nSPS) is 21.0. The molecule has 1 saturated heterocycles. The molecular weight excluding hydrogens is 286 g/mol. The Morgan fingerprint density at radius 2 is 1.48 bits per heavy atom. The molecule has 0 aromatic heterocycles. The van der Waals surface area contributed by atoms with E-state index >= 15 is 0 Å². The van der Waals surface area contributed by atoms with Crippen molar-refractivity contribution in [1.29, 1.82) is 0 Å². The highest BCUT2D eigenvalue weighted by Crippen LogP contribution is 2.30. The molecule has 0 saturated carbocycles. The van der Waals surface area contributed by atoms with Crippen molar-refractivity contribution in [2.75, 3.05) is 26.4 Å². The van der Waals surface area contributed by atoms with Crippen molar-refractivity contribution >= 4 is 0 Å². The molecule has 1 aliphatic heterocycles. The van der Waals surface area contributed by atoms with Crippen LogP contribution in [0.1, 0.15) is 17.5 Å². The zero-order valence-corrected chi connectivity index (χ0v) is 13.5. The highest BCUT2D eigenvalue weighted by molar-refractivity contribution is 5.17. The van der Waals surface area contributed by atoms with Gasteiger partial charge in [0.1, 0.15) is 0 Å². The second kappa shape index (κ2) is 7.73. The van der Waals surface area contributed by atoms with E-state index < -0.39 is 0 Å². The Balaban J connectivity index is 1.75. The van der Waals surface area contributed by atoms with Crippen LogP contribution in [0.3, 0.4) is 0 Å². The minimum absolute atomic E-state index is 0.121. The van der Waals surface area contributed by atoms with Gasteiger partial charge in [0.15, 0.2) is 0 Å². The number of aliphatic hydroxyl groups excluding tert-OH is 1. The monoisotopic (exact) mass is 311 g/mol. The van der Waals surface area contributed by atoms with E-state index in [2.05, 4.69) is 53.4 Å². The van der Waals surface area contributed by atoms with Crippen LogP contribution in [0.15, 0.2) is 60.7 Å². The van der Waals surface area contributed by atoms with Crippen LogP contribution in [0.2, 0.25) is 0 Å². The third-order valence-corrected chi connectivity index (χ3v) is 4.58. The maximum atomic E-state index is 9.89. The fraction of sp³-hybridized carbons (Fsp3) is 0.400. The molecule has 1 unspecified atom stereocenters. The Labute approximate surface area is 138 Å². The lowest BCUT2D eigenvalue weighted by Crippen LogP contribution is -2.40. The van der Waals surface area contributed by atoms with Gasteiger partial charge in [0.25, 0.3) is 0 Å². The van der Waals surface area contributed by atoms with Crippen molar-refractivity contribution in [3.63, 3.8) is 0 Å². The number of aliphatic hydroxyl groups is 1. The van der Waals surface area contributed by atoms with Gasteiger partial charge >= 0.3 is 0 Å². The summed E-state index contributed by atoms with van der Waals surface area (Å²) in [5.74, 6) is 0. The van der Waals surface area contributed by atoms with E-state index in [1.54, 1.807) is 0 Å². The van der Waals surface area contributed by atoms with E-state index in [1.807, 2.05) is 12.1 Å². The molecule has 122 valence electrons. The van der Waals surface area contributed by atoms with Gasteiger partial charge in [-0.3, -0.25) is 4.90 Å². The van der Waals surface area contributed by atoms with Gasteiger partial charge in [0.2, 0.25) is 0 Å². The van der Waals surface area contributed by atoms with Gasteiger partial charge < -0.3 is 9.84 Å². The molecule has 23 heavy (non-hydrogen) atoms. The summed E-state index contributed by atoms with van der Waals surface area (Å²) in [4.78, 5) is 2.43. The summed E-state index contributed by atoms with van der Waals surface area (Å²) in [6, 6.07) is 21.1. The van der Waals surface area contributed by atoms with Gasteiger partial charge in [0, 0.05) is 31.7 Å². The molecule has 0 radical (unpaired) electrons. The lowest BCUT2D eigenvalue weighted by atomic mass is 9.87. The Kier molecular flexibility index (Phi) is 5.44. The predicted molar refractivity (Wildman–Crippen MR) is 92.0 cm³/mol. The lowest BCUT2D eigenvalue weighted by Gasteiger charge is -2.33. The van der Waals surface area contributed by atoms with Crippen molar-refractivity contribution in [2.45, 2.75) is 19.5 Å². The lowest BCUT2D eigenvalue weighted by molar-refractivity contribution is 0.0513. The van der Waals surface area contributed by atoms with Crippen LogP contribution in [-0.2, 0) is 17.8 Å². The SMILES string of the molecule is OCC1(CN(Cc2ccccc2)Cc2ccccc2)CCOC1. The van der Waals surface area contributed by atoms with Gasteiger partial charge in [-0.15, -0.1) is 0 Å². The van der Waals surface area contributed by atoms with Crippen LogP contribution in [0.25, 0.3) is 0 Å². The van der Waals surface area contributed by atoms with Gasteiger partial charge in [0.05, 0.1) is 13.2 Å². The fourth-order valence-electron chi connectivity index (χ4n) is 3.27. The first kappa shape index (κ1) is 16.2. The number of nitrogens with zero attached hydrogens (tertiary/aromatic N) is 1. The van der Waals surface area contributed by atoms with E-state index in [4.69, 9.17) is 4.74 Å². The van der Waals surface area contributed by atoms with Crippen LogP contribution in [0.4, 0.5) is 0 Å². The number of hydrogen-bond donors (Lipinski definition) is 1. The molecule has 3 rings (SSSR count). The molecule has 0 bridgehead atoms. The van der Waals surface area contributed by atoms with Gasteiger partial charge in [-0.1, -0.05) is 60.7 Å². The van der Waals surface area contributed by atoms with Gasteiger partial charge in [-0.2, -0.15) is 0 Å². The molecule has 1 fully saturated rings.